The lowest BCUT2D eigenvalue weighted by atomic mass is 9.49. The first-order valence-corrected chi connectivity index (χ1v) is 12.8. The van der Waals surface area contributed by atoms with Crippen molar-refractivity contribution in [2.24, 2.45) is 22.7 Å². The van der Waals surface area contributed by atoms with Gasteiger partial charge in [0.15, 0.2) is 5.92 Å². The standard InChI is InChI=1S/C28H44O6/c1-8-33-24(29)21(25(30)34-9-2)14-11-19(3)12-15-22-20(4)13-16-23-27(22,5)17-10-18-28(23,6)26(31)32-7/h11,21,23H,8-10,12-18H2,1-7H3/b19-11+/t23-,27-,28+/m1/s1. The van der Waals surface area contributed by atoms with Gasteiger partial charge in [-0.05, 0) is 90.9 Å². The van der Waals surface area contributed by atoms with Crippen molar-refractivity contribution in [2.45, 2.75) is 92.9 Å². The van der Waals surface area contributed by atoms with Gasteiger partial charge in [-0.2, -0.15) is 0 Å². The SMILES string of the molecule is CCOC(=O)C(C/C=C(\C)CCC1=C(C)CC[C@H]2[C@@](C)(C(=O)OC)CCC[C@]12C)C(=O)OCC. The molecule has 0 bridgehead atoms. The molecule has 0 aromatic carbocycles. The minimum absolute atomic E-state index is 0.0117. The summed E-state index contributed by atoms with van der Waals surface area (Å²) >= 11 is 0. The molecule has 0 N–H and O–H groups in total. The maximum absolute atomic E-state index is 12.8. The van der Waals surface area contributed by atoms with E-state index in [-0.39, 0.29) is 36.9 Å². The molecule has 0 unspecified atom stereocenters. The Labute approximate surface area is 205 Å². The Hall–Kier alpha value is -2.11. The highest BCUT2D eigenvalue weighted by atomic mass is 16.6. The Kier molecular flexibility index (Phi) is 9.96. The summed E-state index contributed by atoms with van der Waals surface area (Å²) in [6.45, 7) is 12.6. The van der Waals surface area contributed by atoms with E-state index < -0.39 is 23.3 Å². The highest BCUT2D eigenvalue weighted by Crippen LogP contribution is 2.60. The van der Waals surface area contributed by atoms with E-state index in [1.54, 1.807) is 13.8 Å². The average Bonchev–Trinajstić information content (AvgIpc) is 2.78. The number of carbonyl (C=O) groups excluding carboxylic acids is 3. The fourth-order valence-electron chi connectivity index (χ4n) is 6.37. The van der Waals surface area contributed by atoms with Crippen molar-refractivity contribution in [3.8, 4) is 0 Å². The molecule has 2 aliphatic rings. The quantitative estimate of drug-likeness (QED) is 0.168. The summed E-state index contributed by atoms with van der Waals surface area (Å²) in [4.78, 5) is 37.3. The molecule has 1 saturated carbocycles. The molecule has 6 heteroatoms. The number of hydrogen-bond acceptors (Lipinski definition) is 6. The Balaban J connectivity index is 2.16. The molecule has 1 fully saturated rings. The van der Waals surface area contributed by atoms with E-state index in [0.29, 0.717) is 0 Å². The zero-order chi connectivity index (χ0) is 25.5. The number of rotatable bonds is 10. The smallest absolute Gasteiger partial charge is 0.320 e. The van der Waals surface area contributed by atoms with Crippen LogP contribution < -0.4 is 0 Å². The van der Waals surface area contributed by atoms with Crippen LogP contribution in [-0.4, -0.2) is 38.2 Å². The lowest BCUT2D eigenvalue weighted by Gasteiger charge is -2.55. The van der Waals surface area contributed by atoms with Gasteiger partial charge < -0.3 is 14.2 Å². The van der Waals surface area contributed by atoms with Gasteiger partial charge in [0, 0.05) is 0 Å². The van der Waals surface area contributed by atoms with Crippen molar-refractivity contribution in [3.05, 3.63) is 22.8 Å². The van der Waals surface area contributed by atoms with Crippen molar-refractivity contribution in [2.75, 3.05) is 20.3 Å². The number of hydrogen-bond donors (Lipinski definition) is 0. The van der Waals surface area contributed by atoms with E-state index in [1.807, 2.05) is 13.0 Å². The summed E-state index contributed by atoms with van der Waals surface area (Å²) < 4.78 is 15.4. The normalized spacial score (nSPS) is 27.3. The van der Waals surface area contributed by atoms with Crippen LogP contribution in [0.2, 0.25) is 0 Å². The molecular formula is C28H44O6. The molecule has 0 heterocycles. The molecule has 2 aliphatic carbocycles. The second-order valence-corrected chi connectivity index (χ2v) is 10.4. The number of ether oxygens (including phenoxy) is 3. The molecule has 0 aromatic rings. The maximum Gasteiger partial charge on any atom is 0.320 e. The topological polar surface area (TPSA) is 78.9 Å². The summed E-state index contributed by atoms with van der Waals surface area (Å²) in [6.07, 6.45) is 9.04. The highest BCUT2D eigenvalue weighted by Gasteiger charge is 2.55. The fraction of sp³-hybridized carbons (Fsp3) is 0.750. The van der Waals surface area contributed by atoms with Gasteiger partial charge in [-0.3, -0.25) is 14.4 Å². The predicted molar refractivity (Wildman–Crippen MR) is 132 cm³/mol. The highest BCUT2D eigenvalue weighted by molar-refractivity contribution is 5.95. The predicted octanol–water partition coefficient (Wildman–Crippen LogP) is 5.94. The molecule has 0 aliphatic heterocycles. The zero-order valence-electron chi connectivity index (χ0n) is 22.3. The molecule has 192 valence electrons. The summed E-state index contributed by atoms with van der Waals surface area (Å²) in [7, 11) is 1.50. The summed E-state index contributed by atoms with van der Waals surface area (Å²) in [5, 5.41) is 0. The van der Waals surface area contributed by atoms with Crippen LogP contribution in [0, 0.1) is 22.7 Å². The minimum Gasteiger partial charge on any atom is -0.469 e. The largest absolute Gasteiger partial charge is 0.469 e. The van der Waals surface area contributed by atoms with Crippen molar-refractivity contribution in [3.63, 3.8) is 0 Å². The van der Waals surface area contributed by atoms with Gasteiger partial charge in [0.2, 0.25) is 0 Å². The maximum atomic E-state index is 12.8. The molecular weight excluding hydrogens is 432 g/mol. The fourth-order valence-corrected chi connectivity index (χ4v) is 6.37. The van der Waals surface area contributed by atoms with Gasteiger partial charge in [0.1, 0.15) is 0 Å². The van der Waals surface area contributed by atoms with Gasteiger partial charge >= 0.3 is 17.9 Å². The number of esters is 3. The number of methoxy groups -OCH3 is 1. The molecule has 34 heavy (non-hydrogen) atoms. The van der Waals surface area contributed by atoms with Crippen LogP contribution in [0.1, 0.15) is 92.9 Å². The third-order valence-corrected chi connectivity index (χ3v) is 8.21. The van der Waals surface area contributed by atoms with Crippen LogP contribution in [0.15, 0.2) is 22.8 Å². The molecule has 0 spiro atoms. The van der Waals surface area contributed by atoms with Crippen LogP contribution in [-0.2, 0) is 28.6 Å². The summed E-state index contributed by atoms with van der Waals surface area (Å²) in [6, 6.07) is 0. The third-order valence-electron chi connectivity index (χ3n) is 8.21. The van der Waals surface area contributed by atoms with Crippen molar-refractivity contribution in [1.82, 2.24) is 0 Å². The molecule has 6 nitrogen and oxygen atoms in total. The lowest BCUT2D eigenvalue weighted by molar-refractivity contribution is -0.163. The van der Waals surface area contributed by atoms with E-state index in [1.165, 1.54) is 18.3 Å². The Bertz CT molecular complexity index is 807. The summed E-state index contributed by atoms with van der Waals surface area (Å²) in [5.41, 5.74) is 3.60. The molecule has 3 atom stereocenters. The van der Waals surface area contributed by atoms with Crippen LogP contribution in [0.25, 0.3) is 0 Å². The van der Waals surface area contributed by atoms with E-state index in [9.17, 15) is 14.4 Å². The van der Waals surface area contributed by atoms with Crippen molar-refractivity contribution >= 4 is 17.9 Å². The average molecular weight is 477 g/mol. The first-order chi connectivity index (χ1) is 16.0. The van der Waals surface area contributed by atoms with Gasteiger partial charge in [-0.1, -0.05) is 36.1 Å². The van der Waals surface area contributed by atoms with Gasteiger partial charge in [0.05, 0.1) is 25.7 Å². The third kappa shape index (κ3) is 5.92. The van der Waals surface area contributed by atoms with Gasteiger partial charge in [-0.15, -0.1) is 0 Å². The van der Waals surface area contributed by atoms with Crippen LogP contribution in [0.4, 0.5) is 0 Å². The molecule has 0 saturated heterocycles. The molecule has 0 radical (unpaired) electrons. The molecule has 0 aromatic heterocycles. The van der Waals surface area contributed by atoms with E-state index in [4.69, 9.17) is 14.2 Å². The van der Waals surface area contributed by atoms with Crippen LogP contribution in [0.5, 0.6) is 0 Å². The lowest BCUT2D eigenvalue weighted by Crippen LogP contribution is -2.50. The molecule has 0 amide bonds. The first-order valence-electron chi connectivity index (χ1n) is 12.8. The zero-order valence-corrected chi connectivity index (χ0v) is 22.3. The van der Waals surface area contributed by atoms with E-state index in [2.05, 4.69) is 20.8 Å². The molecule has 2 rings (SSSR count). The number of carbonyl (C=O) groups is 3. The van der Waals surface area contributed by atoms with Crippen molar-refractivity contribution in [1.29, 1.82) is 0 Å². The number of allylic oxidation sites excluding steroid dienone is 4. The first kappa shape index (κ1) is 28.1. The van der Waals surface area contributed by atoms with Crippen LogP contribution in [0.3, 0.4) is 0 Å². The second kappa shape index (κ2) is 12.0. The van der Waals surface area contributed by atoms with E-state index >= 15 is 0 Å². The Morgan fingerprint density at radius 1 is 1.09 bits per heavy atom. The van der Waals surface area contributed by atoms with Crippen molar-refractivity contribution < 1.29 is 28.6 Å². The van der Waals surface area contributed by atoms with Gasteiger partial charge in [0.25, 0.3) is 0 Å². The second-order valence-electron chi connectivity index (χ2n) is 10.4. The van der Waals surface area contributed by atoms with E-state index in [0.717, 1.165) is 50.5 Å². The Morgan fingerprint density at radius 3 is 2.26 bits per heavy atom. The summed E-state index contributed by atoms with van der Waals surface area (Å²) in [5.74, 6) is -1.79. The monoisotopic (exact) mass is 476 g/mol. The Morgan fingerprint density at radius 2 is 1.71 bits per heavy atom. The van der Waals surface area contributed by atoms with Gasteiger partial charge in [-0.25, -0.2) is 0 Å². The van der Waals surface area contributed by atoms with Crippen LogP contribution >= 0.6 is 0 Å². The minimum atomic E-state index is -0.925. The number of fused-ring (bicyclic) bond motifs is 1.